The number of fused-ring (bicyclic) bond motifs is 1. The molecule has 0 spiro atoms. The van der Waals surface area contributed by atoms with E-state index in [2.05, 4.69) is 10.2 Å². The van der Waals surface area contributed by atoms with E-state index in [1.807, 2.05) is 79.7 Å². The number of thioether (sulfide) groups is 1. The fraction of sp³-hybridized carbons (Fsp3) is 0.154. The van der Waals surface area contributed by atoms with Crippen LogP contribution in [0.5, 0.6) is 5.75 Å². The van der Waals surface area contributed by atoms with E-state index in [4.69, 9.17) is 10.1 Å². The number of ketones is 1. The number of Topliss-reactive ketones (excluding diaryl/α,β-unsaturated/α-hetero) is 1. The van der Waals surface area contributed by atoms with Crippen LogP contribution in [0.3, 0.4) is 0 Å². The van der Waals surface area contributed by atoms with Crippen molar-refractivity contribution in [1.82, 2.24) is 10.2 Å². The first-order chi connectivity index (χ1) is 16.1. The average molecular weight is 472 g/mol. The fourth-order valence-corrected chi connectivity index (χ4v) is 5.69. The predicted molar refractivity (Wildman–Crippen MR) is 135 cm³/mol. The zero-order valence-corrected chi connectivity index (χ0v) is 19.6. The van der Waals surface area contributed by atoms with Crippen molar-refractivity contribution in [3.8, 4) is 5.75 Å². The van der Waals surface area contributed by atoms with Gasteiger partial charge in [0.2, 0.25) is 0 Å². The summed E-state index contributed by atoms with van der Waals surface area (Å²) >= 11 is 2.61. The van der Waals surface area contributed by atoms with Gasteiger partial charge in [0.05, 0.1) is 9.95 Å². The van der Waals surface area contributed by atoms with Gasteiger partial charge in [-0.25, -0.2) is 0 Å². The topological polar surface area (TPSA) is 75.9 Å². The molecular formula is C26H21N3O2S2. The zero-order chi connectivity index (χ0) is 22.8. The number of hydrogen-bond donors (Lipinski definition) is 1. The number of ether oxygens (including phenoxy) is 1. The molecule has 1 fully saturated rings. The third kappa shape index (κ3) is 4.34. The molecule has 4 aromatic rings. The van der Waals surface area contributed by atoms with E-state index in [0.717, 1.165) is 33.3 Å². The molecule has 0 radical (unpaired) electrons. The lowest BCUT2D eigenvalue weighted by atomic mass is 10.0. The van der Waals surface area contributed by atoms with E-state index in [9.17, 15) is 4.79 Å². The van der Waals surface area contributed by atoms with Crippen molar-refractivity contribution >= 4 is 50.8 Å². The summed E-state index contributed by atoms with van der Waals surface area (Å²) in [4.78, 5) is 13.8. The Bertz CT molecular complexity index is 1380. The molecule has 0 bridgehead atoms. The molecule has 5 rings (SSSR count). The minimum Gasteiger partial charge on any atom is -0.488 e. The van der Waals surface area contributed by atoms with Crippen LogP contribution in [-0.4, -0.2) is 21.0 Å². The average Bonchev–Trinajstić information content (AvgIpc) is 3.42. The van der Waals surface area contributed by atoms with Gasteiger partial charge in [-0.15, -0.1) is 21.5 Å². The summed E-state index contributed by atoms with van der Waals surface area (Å²) in [5.41, 5.74) is 1.92. The van der Waals surface area contributed by atoms with Crippen molar-refractivity contribution in [3.63, 3.8) is 0 Å². The number of benzene rings is 3. The third-order valence-corrected chi connectivity index (χ3v) is 7.59. The second-order valence-corrected chi connectivity index (χ2v) is 9.81. The molecule has 1 aliphatic heterocycles. The lowest BCUT2D eigenvalue weighted by molar-refractivity contribution is -0.114. The quantitative estimate of drug-likeness (QED) is 0.336. The van der Waals surface area contributed by atoms with Crippen molar-refractivity contribution in [2.24, 2.45) is 0 Å². The van der Waals surface area contributed by atoms with E-state index >= 15 is 0 Å². The number of nitrogens with one attached hydrogen (secondary N) is 1. The summed E-state index contributed by atoms with van der Waals surface area (Å²) in [6, 6.07) is 22.0. The number of aryl methyl sites for hydroxylation is 1. The van der Waals surface area contributed by atoms with E-state index in [-0.39, 0.29) is 10.8 Å². The minimum atomic E-state index is -0.664. The highest BCUT2D eigenvalue weighted by Gasteiger charge is 2.39. The van der Waals surface area contributed by atoms with Crippen LogP contribution < -0.4 is 4.74 Å². The Kier molecular flexibility index (Phi) is 6.07. The van der Waals surface area contributed by atoms with E-state index in [0.29, 0.717) is 22.3 Å². The van der Waals surface area contributed by atoms with Crippen molar-refractivity contribution in [2.75, 3.05) is 0 Å². The lowest BCUT2D eigenvalue weighted by Gasteiger charge is -2.13. The Labute approximate surface area is 200 Å². The maximum atomic E-state index is 13.3. The molecule has 0 unspecified atom stereocenters. The number of allylic oxidation sites excluding steroid dienone is 1. The van der Waals surface area contributed by atoms with Gasteiger partial charge in [-0.2, -0.15) is 0 Å². The van der Waals surface area contributed by atoms with Gasteiger partial charge < -0.3 is 4.74 Å². The third-order valence-electron chi connectivity index (χ3n) is 5.46. The summed E-state index contributed by atoms with van der Waals surface area (Å²) < 4.78 is 6.19. The van der Waals surface area contributed by atoms with Gasteiger partial charge in [0.25, 0.3) is 0 Å². The molecule has 0 saturated carbocycles. The van der Waals surface area contributed by atoms with Crippen molar-refractivity contribution in [3.05, 3.63) is 92.8 Å². The number of rotatable bonds is 6. The van der Waals surface area contributed by atoms with Crippen LogP contribution >= 0.6 is 23.1 Å². The Morgan fingerprint density at radius 3 is 2.61 bits per heavy atom. The summed E-state index contributed by atoms with van der Waals surface area (Å²) in [6.45, 7) is 2.43. The molecule has 1 aliphatic rings. The zero-order valence-electron chi connectivity index (χ0n) is 17.9. The van der Waals surface area contributed by atoms with Crippen molar-refractivity contribution in [2.45, 2.75) is 25.9 Å². The maximum absolute atomic E-state index is 13.3. The molecule has 33 heavy (non-hydrogen) atoms. The molecule has 1 atom stereocenters. The van der Waals surface area contributed by atoms with Gasteiger partial charge in [-0.05, 0) is 34.9 Å². The van der Waals surface area contributed by atoms with Gasteiger partial charge in [-0.1, -0.05) is 79.3 Å². The maximum Gasteiger partial charge on any atom is 0.186 e. The van der Waals surface area contributed by atoms with E-state index < -0.39 is 5.92 Å². The predicted octanol–water partition coefficient (Wildman–Crippen LogP) is 6.25. The molecule has 0 amide bonds. The SMILES string of the molecule is CCc1nnc([C@@H]2C(=N)S/C(=C\c3c(OCc4ccccc4)ccc4ccccc34)C2=O)s1. The fourth-order valence-electron chi connectivity index (χ4n) is 3.76. The standard InChI is InChI=1S/C26H21N3O2S2/c1-2-22-28-29-26(33-22)23-24(30)21(32-25(23)27)14-19-18-11-7-6-10-17(18)12-13-20(19)31-15-16-8-4-3-5-9-16/h3-14,23,27H,2,15H2,1H3/b21-14-,27-25?/t23-/m0/s1. The first-order valence-electron chi connectivity index (χ1n) is 10.7. The van der Waals surface area contributed by atoms with Crippen molar-refractivity contribution < 1.29 is 9.53 Å². The Morgan fingerprint density at radius 2 is 1.82 bits per heavy atom. The molecule has 7 heteroatoms. The van der Waals surface area contributed by atoms with Gasteiger partial charge >= 0.3 is 0 Å². The van der Waals surface area contributed by atoms with E-state index in [1.165, 1.54) is 23.1 Å². The number of hydrogen-bond acceptors (Lipinski definition) is 7. The van der Waals surface area contributed by atoms with Crippen LogP contribution in [0.1, 0.15) is 34.0 Å². The van der Waals surface area contributed by atoms with Gasteiger partial charge in [0.1, 0.15) is 28.3 Å². The first-order valence-corrected chi connectivity index (χ1v) is 12.3. The highest BCUT2D eigenvalue weighted by molar-refractivity contribution is 8.19. The molecule has 0 aliphatic carbocycles. The summed E-state index contributed by atoms with van der Waals surface area (Å²) in [5, 5.41) is 20.6. The molecular weight excluding hydrogens is 450 g/mol. The second kappa shape index (κ2) is 9.29. The summed E-state index contributed by atoms with van der Waals surface area (Å²) in [5.74, 6) is -0.0638. The number of aromatic nitrogens is 2. The summed E-state index contributed by atoms with van der Waals surface area (Å²) in [7, 11) is 0. The molecule has 1 saturated heterocycles. The van der Waals surface area contributed by atoms with Crippen LogP contribution in [0.4, 0.5) is 0 Å². The summed E-state index contributed by atoms with van der Waals surface area (Å²) in [6.07, 6.45) is 2.63. The van der Waals surface area contributed by atoms with Gasteiger partial charge in [0, 0.05) is 5.56 Å². The smallest absolute Gasteiger partial charge is 0.186 e. The van der Waals surface area contributed by atoms with E-state index in [1.54, 1.807) is 0 Å². The monoisotopic (exact) mass is 471 g/mol. The minimum absolute atomic E-state index is 0.106. The number of carbonyl (C=O) groups excluding carboxylic acids is 1. The van der Waals surface area contributed by atoms with Crippen LogP contribution in [0.25, 0.3) is 16.8 Å². The first kappa shape index (κ1) is 21.6. The number of carbonyl (C=O) groups is 1. The molecule has 2 heterocycles. The molecule has 164 valence electrons. The Hall–Kier alpha value is -3.29. The van der Waals surface area contributed by atoms with Crippen LogP contribution in [-0.2, 0) is 17.8 Å². The molecule has 3 aromatic carbocycles. The highest BCUT2D eigenvalue weighted by Crippen LogP contribution is 2.43. The van der Waals surface area contributed by atoms with Gasteiger partial charge in [0.15, 0.2) is 5.78 Å². The highest BCUT2D eigenvalue weighted by atomic mass is 32.2. The normalized spacial score (nSPS) is 17.2. The molecule has 1 aromatic heterocycles. The molecule has 5 nitrogen and oxygen atoms in total. The van der Waals surface area contributed by atoms with Crippen LogP contribution in [0, 0.1) is 5.41 Å². The Morgan fingerprint density at radius 1 is 1.03 bits per heavy atom. The largest absolute Gasteiger partial charge is 0.488 e. The number of nitrogens with zero attached hydrogens (tertiary/aromatic N) is 2. The Balaban J connectivity index is 1.53. The van der Waals surface area contributed by atoms with Gasteiger partial charge in [-0.3, -0.25) is 10.2 Å². The van der Waals surface area contributed by atoms with Crippen LogP contribution in [0.2, 0.25) is 0 Å². The lowest BCUT2D eigenvalue weighted by Crippen LogP contribution is -2.11. The molecule has 1 N–H and O–H groups in total. The second-order valence-electron chi connectivity index (χ2n) is 7.63. The van der Waals surface area contributed by atoms with Crippen LogP contribution in [0.15, 0.2) is 71.6 Å². The van der Waals surface area contributed by atoms with Crippen molar-refractivity contribution in [1.29, 1.82) is 5.41 Å².